The van der Waals surface area contributed by atoms with Gasteiger partial charge in [0, 0.05) is 26.3 Å². The maximum Gasteiger partial charge on any atom is 0.407 e. The van der Waals surface area contributed by atoms with Gasteiger partial charge in [0.25, 0.3) is 11.8 Å². The minimum Gasteiger partial charge on any atom is -0.436 e. The summed E-state index contributed by atoms with van der Waals surface area (Å²) in [6, 6.07) is 14.1. The minimum absolute atomic E-state index is 0.265. The molecule has 158 valence electrons. The molecule has 0 radical (unpaired) electrons. The predicted octanol–water partition coefficient (Wildman–Crippen LogP) is 2.25. The third kappa shape index (κ3) is 4.44. The molecule has 1 unspecified atom stereocenters. The van der Waals surface area contributed by atoms with Crippen molar-refractivity contribution in [1.82, 2.24) is 10.6 Å². The number of carbonyl (C=O) groups excluding carboxylic acids is 3. The molecule has 0 fully saturated rings. The number of fused-ring (bicyclic) bond motifs is 3. The Morgan fingerprint density at radius 2 is 1.77 bits per heavy atom. The van der Waals surface area contributed by atoms with Gasteiger partial charge in [0.05, 0.1) is 12.3 Å². The van der Waals surface area contributed by atoms with Gasteiger partial charge in [-0.15, -0.1) is 0 Å². The van der Waals surface area contributed by atoms with Crippen LogP contribution < -0.4 is 15.5 Å². The molecular formula is C22H25N3O5. The zero-order chi connectivity index (χ0) is 21.7. The fourth-order valence-corrected chi connectivity index (χ4v) is 3.34. The quantitative estimate of drug-likeness (QED) is 0.711. The summed E-state index contributed by atoms with van der Waals surface area (Å²) in [5.41, 5.74) is 3.21. The molecule has 2 atom stereocenters. The topological polar surface area (TPSA) is 97.0 Å². The summed E-state index contributed by atoms with van der Waals surface area (Å²) in [6.45, 7) is 2.05. The van der Waals surface area contributed by atoms with Crippen LogP contribution in [0.4, 0.5) is 10.5 Å². The van der Waals surface area contributed by atoms with Gasteiger partial charge in [-0.1, -0.05) is 42.5 Å². The summed E-state index contributed by atoms with van der Waals surface area (Å²) in [5, 5.41) is 5.23. The largest absolute Gasteiger partial charge is 0.436 e. The van der Waals surface area contributed by atoms with Crippen molar-refractivity contribution in [3.8, 4) is 11.1 Å². The van der Waals surface area contributed by atoms with Crippen LogP contribution in [-0.4, -0.2) is 51.3 Å². The van der Waals surface area contributed by atoms with Crippen LogP contribution in [0.5, 0.6) is 0 Å². The van der Waals surface area contributed by atoms with E-state index in [2.05, 4.69) is 10.6 Å². The zero-order valence-corrected chi connectivity index (χ0v) is 17.2. The number of nitrogens with zero attached hydrogens (tertiary/aromatic N) is 1. The second-order valence-electron chi connectivity index (χ2n) is 6.91. The first-order valence-electron chi connectivity index (χ1n) is 9.63. The molecule has 1 aliphatic rings. The van der Waals surface area contributed by atoms with Crippen molar-refractivity contribution in [1.29, 1.82) is 0 Å². The van der Waals surface area contributed by atoms with E-state index in [0.29, 0.717) is 12.2 Å². The second kappa shape index (κ2) is 9.41. The van der Waals surface area contributed by atoms with Crippen molar-refractivity contribution in [2.24, 2.45) is 0 Å². The van der Waals surface area contributed by atoms with E-state index in [1.165, 1.54) is 18.9 Å². The molecule has 3 rings (SSSR count). The van der Waals surface area contributed by atoms with Crippen molar-refractivity contribution in [2.75, 3.05) is 32.2 Å². The molecule has 2 N–H and O–H groups in total. The maximum absolute atomic E-state index is 13.2. The lowest BCUT2D eigenvalue weighted by atomic mass is 9.95. The molecule has 0 aromatic heterocycles. The van der Waals surface area contributed by atoms with Crippen molar-refractivity contribution >= 4 is 23.6 Å². The van der Waals surface area contributed by atoms with E-state index in [1.807, 2.05) is 48.5 Å². The SMILES string of the molecule is COCCNC(=O)OC(C)C(=O)N[C@@H]1C(=O)N(C)c2ccccc2-c2ccccc21. The number of hydrogen-bond donors (Lipinski definition) is 2. The monoisotopic (exact) mass is 411 g/mol. The Morgan fingerprint density at radius 3 is 2.50 bits per heavy atom. The van der Waals surface area contributed by atoms with E-state index in [4.69, 9.17) is 9.47 Å². The zero-order valence-electron chi connectivity index (χ0n) is 17.2. The molecule has 2 aromatic carbocycles. The van der Waals surface area contributed by atoms with Crippen LogP contribution in [0.2, 0.25) is 0 Å². The number of benzene rings is 2. The number of amides is 3. The van der Waals surface area contributed by atoms with Crippen LogP contribution in [0.3, 0.4) is 0 Å². The van der Waals surface area contributed by atoms with Gasteiger partial charge in [0.2, 0.25) is 0 Å². The van der Waals surface area contributed by atoms with E-state index >= 15 is 0 Å². The molecule has 3 amide bonds. The molecule has 0 saturated carbocycles. The predicted molar refractivity (Wildman–Crippen MR) is 112 cm³/mol. The van der Waals surface area contributed by atoms with Gasteiger partial charge in [0.1, 0.15) is 6.04 Å². The Morgan fingerprint density at radius 1 is 1.10 bits per heavy atom. The highest BCUT2D eigenvalue weighted by Gasteiger charge is 2.34. The molecule has 1 aliphatic heterocycles. The van der Waals surface area contributed by atoms with Crippen molar-refractivity contribution in [3.63, 3.8) is 0 Å². The molecule has 0 aliphatic carbocycles. The summed E-state index contributed by atoms with van der Waals surface area (Å²) in [4.78, 5) is 39.2. The van der Waals surface area contributed by atoms with E-state index < -0.39 is 24.1 Å². The number of nitrogens with one attached hydrogen (secondary N) is 2. The minimum atomic E-state index is -1.08. The smallest absolute Gasteiger partial charge is 0.407 e. The Bertz CT molecular complexity index is 946. The average molecular weight is 411 g/mol. The van der Waals surface area contributed by atoms with E-state index in [1.54, 1.807) is 7.05 Å². The van der Waals surface area contributed by atoms with Crippen LogP contribution >= 0.6 is 0 Å². The Kier molecular flexibility index (Phi) is 6.68. The van der Waals surface area contributed by atoms with Crippen LogP contribution in [0.25, 0.3) is 11.1 Å². The molecule has 0 bridgehead atoms. The number of methoxy groups -OCH3 is 1. The van der Waals surface area contributed by atoms with Crippen molar-refractivity contribution < 1.29 is 23.9 Å². The highest BCUT2D eigenvalue weighted by molar-refractivity contribution is 6.06. The maximum atomic E-state index is 13.2. The fourth-order valence-electron chi connectivity index (χ4n) is 3.34. The Hall–Kier alpha value is -3.39. The summed E-state index contributed by atoms with van der Waals surface area (Å²) >= 11 is 0. The lowest BCUT2D eigenvalue weighted by molar-refractivity contribution is -0.132. The number of anilines is 1. The third-order valence-electron chi connectivity index (χ3n) is 4.92. The second-order valence-corrected chi connectivity index (χ2v) is 6.91. The highest BCUT2D eigenvalue weighted by atomic mass is 16.6. The first-order chi connectivity index (χ1) is 14.4. The molecule has 0 saturated heterocycles. The summed E-state index contributed by atoms with van der Waals surface area (Å²) in [6.07, 6.45) is -1.81. The van der Waals surface area contributed by atoms with Crippen LogP contribution in [-0.2, 0) is 19.1 Å². The molecule has 0 spiro atoms. The molecule has 30 heavy (non-hydrogen) atoms. The fraction of sp³-hybridized carbons (Fsp3) is 0.318. The van der Waals surface area contributed by atoms with Crippen molar-refractivity contribution in [2.45, 2.75) is 19.1 Å². The van der Waals surface area contributed by atoms with Crippen LogP contribution in [0.1, 0.15) is 18.5 Å². The first-order valence-corrected chi connectivity index (χ1v) is 9.63. The Balaban J connectivity index is 1.81. The van der Waals surface area contributed by atoms with E-state index in [-0.39, 0.29) is 12.5 Å². The number of alkyl carbamates (subject to hydrolysis) is 1. The molecule has 8 nitrogen and oxygen atoms in total. The van der Waals surface area contributed by atoms with Gasteiger partial charge < -0.3 is 25.0 Å². The highest BCUT2D eigenvalue weighted by Crippen LogP contribution is 2.39. The third-order valence-corrected chi connectivity index (χ3v) is 4.92. The van der Waals surface area contributed by atoms with Crippen LogP contribution in [0, 0.1) is 0 Å². The number of para-hydroxylation sites is 1. The van der Waals surface area contributed by atoms with Gasteiger partial charge >= 0.3 is 6.09 Å². The van der Waals surface area contributed by atoms with Gasteiger partial charge in [-0.25, -0.2) is 4.79 Å². The lowest BCUT2D eigenvalue weighted by Crippen LogP contribution is -2.45. The van der Waals surface area contributed by atoms with Gasteiger partial charge in [-0.05, 0) is 24.1 Å². The number of ether oxygens (including phenoxy) is 2. The number of likely N-dealkylation sites (N-methyl/N-ethyl adjacent to an activating group) is 1. The Labute approximate surface area is 175 Å². The standard InChI is InChI=1S/C22H25N3O5/c1-14(30-22(28)23-12-13-29-3)20(26)24-19-17-10-5-4-8-15(17)16-9-6-7-11-18(16)25(2)21(19)27/h4-11,14,19H,12-13H2,1-3H3,(H,23,28)(H,24,26)/t14?,19-/m0/s1. The molecule has 1 heterocycles. The van der Waals surface area contributed by atoms with Crippen LogP contribution in [0.15, 0.2) is 48.5 Å². The number of hydrogen-bond acceptors (Lipinski definition) is 5. The summed E-state index contributed by atoms with van der Waals surface area (Å²) < 4.78 is 9.95. The van der Waals surface area contributed by atoms with Crippen molar-refractivity contribution in [3.05, 3.63) is 54.1 Å². The van der Waals surface area contributed by atoms with Gasteiger partial charge in [0.15, 0.2) is 6.10 Å². The summed E-state index contributed by atoms with van der Waals surface area (Å²) in [5.74, 6) is -0.845. The van der Waals surface area contributed by atoms with Gasteiger partial charge in [-0.2, -0.15) is 0 Å². The van der Waals surface area contributed by atoms with E-state index in [0.717, 1.165) is 16.8 Å². The lowest BCUT2D eigenvalue weighted by Gasteiger charge is -2.24. The average Bonchev–Trinajstić information content (AvgIpc) is 2.84. The van der Waals surface area contributed by atoms with Gasteiger partial charge in [-0.3, -0.25) is 9.59 Å². The number of rotatable bonds is 6. The molecular weight excluding hydrogens is 386 g/mol. The first kappa shape index (κ1) is 21.3. The van der Waals surface area contributed by atoms with E-state index in [9.17, 15) is 14.4 Å². The molecule has 8 heteroatoms. The summed E-state index contributed by atoms with van der Waals surface area (Å²) in [7, 11) is 3.19. The molecule has 2 aromatic rings. The number of carbonyl (C=O) groups is 3. The normalized spacial score (nSPS) is 16.0.